The number of hydrogen-bond acceptors (Lipinski definition) is 2. The van der Waals surface area contributed by atoms with E-state index in [0.29, 0.717) is 11.9 Å². The smallest absolute Gasteiger partial charge is 0.0616 e. The fourth-order valence-electron chi connectivity index (χ4n) is 1.82. The molecule has 3 heteroatoms. The van der Waals surface area contributed by atoms with Crippen molar-refractivity contribution in [3.63, 3.8) is 0 Å². The van der Waals surface area contributed by atoms with Gasteiger partial charge >= 0.3 is 0 Å². The van der Waals surface area contributed by atoms with E-state index in [-0.39, 0.29) is 0 Å². The average molecular weight is 256 g/mol. The highest BCUT2D eigenvalue weighted by Crippen LogP contribution is 2.02. The number of alkyl halides is 1. The maximum Gasteiger partial charge on any atom is 0.0616 e. The van der Waals surface area contributed by atoms with Crippen LogP contribution in [0.1, 0.15) is 18.4 Å². The molecule has 0 saturated carbocycles. The minimum atomic E-state index is 0.383. The SMILES string of the molecule is COCC(CCCl)NCCCc1ccccc1. The molecule has 1 rings (SSSR count). The summed E-state index contributed by atoms with van der Waals surface area (Å²) in [6.45, 7) is 1.75. The predicted octanol–water partition coefficient (Wildman–Crippen LogP) is 2.85. The molecular formula is C14H22ClNO. The Bertz CT molecular complexity index is 273. The van der Waals surface area contributed by atoms with Crippen LogP contribution >= 0.6 is 11.6 Å². The molecule has 2 nitrogen and oxygen atoms in total. The van der Waals surface area contributed by atoms with Gasteiger partial charge in [0, 0.05) is 19.0 Å². The number of ether oxygens (including phenoxy) is 1. The lowest BCUT2D eigenvalue weighted by Crippen LogP contribution is -2.34. The molecule has 1 atom stereocenters. The normalized spacial score (nSPS) is 12.6. The predicted molar refractivity (Wildman–Crippen MR) is 73.8 cm³/mol. The van der Waals surface area contributed by atoms with Gasteiger partial charge in [0.05, 0.1) is 6.61 Å². The first kappa shape index (κ1) is 14.5. The van der Waals surface area contributed by atoms with E-state index in [2.05, 4.69) is 35.6 Å². The molecule has 0 heterocycles. The Hall–Kier alpha value is -0.570. The lowest BCUT2D eigenvalue weighted by molar-refractivity contribution is 0.164. The van der Waals surface area contributed by atoms with Crippen molar-refractivity contribution >= 4 is 11.6 Å². The Morgan fingerprint density at radius 3 is 2.71 bits per heavy atom. The Balaban J connectivity index is 2.13. The van der Waals surface area contributed by atoms with Crippen LogP contribution in [0.5, 0.6) is 0 Å². The molecule has 96 valence electrons. The van der Waals surface area contributed by atoms with Gasteiger partial charge in [-0.05, 0) is 31.4 Å². The number of hydrogen-bond donors (Lipinski definition) is 1. The first-order valence-corrected chi connectivity index (χ1v) is 6.72. The highest BCUT2D eigenvalue weighted by molar-refractivity contribution is 6.17. The Kier molecular flexibility index (Phi) is 8.06. The van der Waals surface area contributed by atoms with E-state index in [0.717, 1.165) is 32.4 Å². The van der Waals surface area contributed by atoms with Crippen molar-refractivity contribution in [3.05, 3.63) is 35.9 Å². The molecule has 0 bridgehead atoms. The molecule has 0 saturated heterocycles. The molecular weight excluding hydrogens is 234 g/mol. The van der Waals surface area contributed by atoms with Gasteiger partial charge in [0.25, 0.3) is 0 Å². The van der Waals surface area contributed by atoms with Crippen LogP contribution in [0.25, 0.3) is 0 Å². The molecule has 17 heavy (non-hydrogen) atoms. The molecule has 0 aliphatic heterocycles. The van der Waals surface area contributed by atoms with Gasteiger partial charge < -0.3 is 10.1 Å². The van der Waals surface area contributed by atoms with E-state index >= 15 is 0 Å². The average Bonchev–Trinajstić information content (AvgIpc) is 2.36. The van der Waals surface area contributed by atoms with Crippen LogP contribution in [-0.2, 0) is 11.2 Å². The molecule has 1 aromatic rings. The highest BCUT2D eigenvalue weighted by atomic mass is 35.5. The number of aryl methyl sites for hydroxylation is 1. The van der Waals surface area contributed by atoms with Gasteiger partial charge in [-0.1, -0.05) is 30.3 Å². The molecule has 1 N–H and O–H groups in total. The molecule has 0 spiro atoms. The quantitative estimate of drug-likeness (QED) is 0.541. The molecule has 0 fully saturated rings. The maximum absolute atomic E-state index is 5.75. The van der Waals surface area contributed by atoms with E-state index in [4.69, 9.17) is 16.3 Å². The summed E-state index contributed by atoms with van der Waals surface area (Å²) < 4.78 is 5.15. The zero-order chi connectivity index (χ0) is 12.3. The molecule has 0 aliphatic carbocycles. The minimum absolute atomic E-state index is 0.383. The Morgan fingerprint density at radius 2 is 2.06 bits per heavy atom. The largest absolute Gasteiger partial charge is 0.383 e. The number of halogens is 1. The van der Waals surface area contributed by atoms with Gasteiger partial charge in [-0.25, -0.2) is 0 Å². The second kappa shape index (κ2) is 9.46. The van der Waals surface area contributed by atoms with Gasteiger partial charge in [-0.15, -0.1) is 11.6 Å². The fourth-order valence-corrected chi connectivity index (χ4v) is 2.08. The summed E-state index contributed by atoms with van der Waals surface area (Å²) in [5.74, 6) is 0.680. The van der Waals surface area contributed by atoms with Crippen LogP contribution in [0.2, 0.25) is 0 Å². The third-order valence-corrected chi connectivity index (χ3v) is 2.96. The highest BCUT2D eigenvalue weighted by Gasteiger charge is 2.05. The van der Waals surface area contributed by atoms with Gasteiger partial charge in [-0.2, -0.15) is 0 Å². The minimum Gasteiger partial charge on any atom is -0.383 e. The summed E-state index contributed by atoms with van der Waals surface area (Å²) in [7, 11) is 1.73. The lowest BCUT2D eigenvalue weighted by Gasteiger charge is -2.16. The molecule has 0 aliphatic rings. The first-order valence-electron chi connectivity index (χ1n) is 6.19. The Morgan fingerprint density at radius 1 is 1.29 bits per heavy atom. The van der Waals surface area contributed by atoms with E-state index < -0.39 is 0 Å². The van der Waals surface area contributed by atoms with Crippen molar-refractivity contribution in [1.82, 2.24) is 5.32 Å². The third kappa shape index (κ3) is 6.67. The second-order valence-corrected chi connectivity index (χ2v) is 4.55. The maximum atomic E-state index is 5.75. The standard InChI is InChI=1S/C14H22ClNO/c1-17-12-14(9-10-15)16-11-5-8-13-6-3-2-4-7-13/h2-4,6-7,14,16H,5,8-12H2,1H3. The Labute approximate surface area is 109 Å². The molecule has 1 aromatic carbocycles. The van der Waals surface area contributed by atoms with Crippen LogP contribution < -0.4 is 5.32 Å². The van der Waals surface area contributed by atoms with Gasteiger partial charge in [0.1, 0.15) is 0 Å². The number of benzene rings is 1. The monoisotopic (exact) mass is 255 g/mol. The molecule has 0 aromatic heterocycles. The van der Waals surface area contributed by atoms with Crippen molar-refractivity contribution in [2.75, 3.05) is 26.1 Å². The zero-order valence-electron chi connectivity index (χ0n) is 10.5. The lowest BCUT2D eigenvalue weighted by atomic mass is 10.1. The molecule has 1 unspecified atom stereocenters. The van der Waals surface area contributed by atoms with Gasteiger partial charge in [0.2, 0.25) is 0 Å². The molecule has 0 radical (unpaired) electrons. The molecule has 0 amide bonds. The number of methoxy groups -OCH3 is 1. The van der Waals surface area contributed by atoms with Crippen molar-refractivity contribution in [2.24, 2.45) is 0 Å². The second-order valence-electron chi connectivity index (χ2n) is 4.17. The van der Waals surface area contributed by atoms with Gasteiger partial charge in [0.15, 0.2) is 0 Å². The summed E-state index contributed by atoms with van der Waals surface area (Å²) in [6.07, 6.45) is 3.22. The van der Waals surface area contributed by atoms with E-state index in [1.807, 2.05) is 0 Å². The summed E-state index contributed by atoms with van der Waals surface area (Å²) in [6, 6.07) is 11.0. The first-order chi connectivity index (χ1) is 8.36. The summed E-state index contributed by atoms with van der Waals surface area (Å²) >= 11 is 5.75. The third-order valence-electron chi connectivity index (χ3n) is 2.74. The van der Waals surface area contributed by atoms with Crippen molar-refractivity contribution < 1.29 is 4.74 Å². The van der Waals surface area contributed by atoms with Crippen LogP contribution in [0, 0.1) is 0 Å². The van der Waals surface area contributed by atoms with E-state index in [9.17, 15) is 0 Å². The van der Waals surface area contributed by atoms with E-state index in [1.54, 1.807) is 7.11 Å². The topological polar surface area (TPSA) is 21.3 Å². The summed E-state index contributed by atoms with van der Waals surface area (Å²) in [4.78, 5) is 0. The zero-order valence-corrected chi connectivity index (χ0v) is 11.2. The summed E-state index contributed by atoms with van der Waals surface area (Å²) in [5.41, 5.74) is 1.40. The van der Waals surface area contributed by atoms with Crippen LogP contribution in [0.4, 0.5) is 0 Å². The van der Waals surface area contributed by atoms with Crippen molar-refractivity contribution in [3.8, 4) is 0 Å². The van der Waals surface area contributed by atoms with Crippen molar-refractivity contribution in [1.29, 1.82) is 0 Å². The van der Waals surface area contributed by atoms with Gasteiger partial charge in [-0.3, -0.25) is 0 Å². The van der Waals surface area contributed by atoms with Crippen LogP contribution in [0.15, 0.2) is 30.3 Å². The van der Waals surface area contributed by atoms with Crippen LogP contribution in [-0.4, -0.2) is 32.2 Å². The fraction of sp³-hybridized carbons (Fsp3) is 0.571. The number of rotatable bonds is 9. The van der Waals surface area contributed by atoms with Crippen LogP contribution in [0.3, 0.4) is 0 Å². The van der Waals surface area contributed by atoms with Crippen molar-refractivity contribution in [2.45, 2.75) is 25.3 Å². The van der Waals surface area contributed by atoms with E-state index in [1.165, 1.54) is 5.56 Å². The number of nitrogens with one attached hydrogen (secondary N) is 1. The summed E-state index contributed by atoms with van der Waals surface area (Å²) in [5, 5.41) is 3.48.